The van der Waals surface area contributed by atoms with E-state index in [4.69, 9.17) is 0 Å². The zero-order valence-electron chi connectivity index (χ0n) is 8.45. The fourth-order valence-electron chi connectivity index (χ4n) is 1.98. The zero-order valence-corrected chi connectivity index (χ0v) is 11.1. The normalized spacial score (nSPS) is 14.4. The minimum atomic E-state index is -0.450. The van der Waals surface area contributed by atoms with Crippen molar-refractivity contribution in [1.29, 1.82) is 0 Å². The molecule has 1 aromatic rings. The number of hydrogen-bond donors (Lipinski definition) is 3. The van der Waals surface area contributed by atoms with Crippen LogP contribution < -0.4 is 5.32 Å². The van der Waals surface area contributed by atoms with Crippen molar-refractivity contribution in [1.82, 2.24) is 0 Å². The van der Waals surface area contributed by atoms with Crippen molar-refractivity contribution >= 4 is 51.9 Å². The van der Waals surface area contributed by atoms with Crippen molar-refractivity contribution in [2.75, 3.05) is 5.32 Å². The number of hydrogen-bond acceptors (Lipinski definition) is 3. The minimum absolute atomic E-state index is 0.281. The lowest BCUT2D eigenvalue weighted by molar-refractivity contribution is 0.109. The van der Waals surface area contributed by atoms with E-state index in [9.17, 15) is 9.59 Å². The lowest BCUT2D eigenvalue weighted by Crippen LogP contribution is -2.06. The summed E-state index contributed by atoms with van der Waals surface area (Å²) in [6, 6.07) is 0. The Morgan fingerprint density at radius 2 is 1.88 bits per heavy atom. The molecule has 3 nitrogen and oxygen atoms in total. The number of aryl methyl sites for hydroxylation is 1. The Balaban J connectivity index is 2.47. The zero-order chi connectivity index (χ0) is 11.7. The monoisotopic (exact) mass is 273 g/mol. The number of carbonyl (C=O) groups excluding carboxylic acids is 2. The van der Waals surface area contributed by atoms with E-state index in [1.165, 1.54) is 16.2 Å². The van der Waals surface area contributed by atoms with Crippen molar-refractivity contribution in [3.8, 4) is 0 Å². The molecule has 0 unspecified atom stereocenters. The molecule has 16 heavy (non-hydrogen) atoms. The molecule has 6 heteroatoms. The molecule has 0 bridgehead atoms. The number of anilines is 1. The van der Waals surface area contributed by atoms with Gasteiger partial charge in [-0.1, -0.05) is 12.6 Å². The molecule has 1 aromatic heterocycles. The lowest BCUT2D eigenvalue weighted by Gasteiger charge is -2.10. The van der Waals surface area contributed by atoms with E-state index in [2.05, 4.69) is 30.6 Å². The van der Waals surface area contributed by atoms with Gasteiger partial charge in [-0.3, -0.25) is 9.59 Å². The second-order valence-corrected chi connectivity index (χ2v) is 5.57. The van der Waals surface area contributed by atoms with Gasteiger partial charge in [0.1, 0.15) is 5.00 Å². The minimum Gasteiger partial charge on any atom is -0.308 e. The van der Waals surface area contributed by atoms with Crippen LogP contribution in [-0.2, 0) is 12.8 Å². The first-order valence-corrected chi connectivity index (χ1v) is 6.68. The maximum atomic E-state index is 11.5. The van der Waals surface area contributed by atoms with Crippen LogP contribution in [0.3, 0.4) is 0 Å². The van der Waals surface area contributed by atoms with Crippen molar-refractivity contribution in [2.24, 2.45) is 0 Å². The average molecular weight is 273 g/mol. The van der Waals surface area contributed by atoms with Gasteiger partial charge in [0, 0.05) is 4.88 Å². The van der Waals surface area contributed by atoms with E-state index in [0.717, 1.165) is 31.2 Å². The fraction of sp³-hybridized carbons (Fsp3) is 0.400. The highest BCUT2D eigenvalue weighted by molar-refractivity contribution is 7.97. The maximum Gasteiger partial charge on any atom is 0.280 e. The first kappa shape index (κ1) is 12.0. The number of thiol groups is 2. The van der Waals surface area contributed by atoms with E-state index in [1.807, 2.05) is 0 Å². The molecule has 0 aromatic carbocycles. The predicted octanol–water partition coefficient (Wildman–Crippen LogP) is 3.16. The van der Waals surface area contributed by atoms with Crippen molar-refractivity contribution in [2.45, 2.75) is 25.7 Å². The second-order valence-electron chi connectivity index (χ2n) is 3.65. The molecule has 0 saturated heterocycles. The Morgan fingerprint density at radius 3 is 2.50 bits per heavy atom. The summed E-state index contributed by atoms with van der Waals surface area (Å²) in [5, 5.41) is 2.45. The Morgan fingerprint density at radius 1 is 1.19 bits per heavy atom. The molecule has 2 rings (SSSR count). The molecule has 1 amide bonds. The van der Waals surface area contributed by atoms with Gasteiger partial charge in [-0.15, -0.1) is 24.0 Å². The molecule has 0 aliphatic heterocycles. The van der Waals surface area contributed by atoms with Gasteiger partial charge in [-0.2, -0.15) is 0 Å². The third-order valence-electron chi connectivity index (χ3n) is 2.61. The van der Waals surface area contributed by atoms with Crippen LogP contribution in [0.15, 0.2) is 0 Å². The Labute approximate surface area is 108 Å². The van der Waals surface area contributed by atoms with E-state index in [1.54, 1.807) is 0 Å². The van der Waals surface area contributed by atoms with Gasteiger partial charge in [0.25, 0.3) is 5.24 Å². The topological polar surface area (TPSA) is 46.2 Å². The van der Waals surface area contributed by atoms with E-state index in [0.29, 0.717) is 10.6 Å². The summed E-state index contributed by atoms with van der Waals surface area (Å²) >= 11 is 9.00. The van der Waals surface area contributed by atoms with Gasteiger partial charge in [-0.05, 0) is 31.2 Å². The predicted molar refractivity (Wildman–Crippen MR) is 72.3 cm³/mol. The van der Waals surface area contributed by atoms with Crippen LogP contribution in [0.1, 0.15) is 33.6 Å². The lowest BCUT2D eigenvalue weighted by atomic mass is 9.96. The van der Waals surface area contributed by atoms with Crippen LogP contribution >= 0.6 is 36.6 Å². The van der Waals surface area contributed by atoms with Gasteiger partial charge in [0.15, 0.2) is 0 Å². The molecule has 0 fully saturated rings. The van der Waals surface area contributed by atoms with Gasteiger partial charge < -0.3 is 5.32 Å². The molecule has 1 aliphatic carbocycles. The Kier molecular flexibility index (Phi) is 3.61. The molecule has 86 valence electrons. The average Bonchev–Trinajstić information content (AvgIpc) is 2.53. The van der Waals surface area contributed by atoms with Gasteiger partial charge in [0.05, 0.1) is 5.56 Å². The number of rotatable bonds is 2. The summed E-state index contributed by atoms with van der Waals surface area (Å²) in [6.45, 7) is 0. The highest BCUT2D eigenvalue weighted by Crippen LogP contribution is 2.38. The van der Waals surface area contributed by atoms with Gasteiger partial charge in [0.2, 0.25) is 5.12 Å². The smallest absolute Gasteiger partial charge is 0.280 e. The van der Waals surface area contributed by atoms with Crippen LogP contribution in [-0.4, -0.2) is 10.4 Å². The first-order chi connectivity index (χ1) is 7.59. The molecular formula is C10H11NO2S3. The molecule has 0 saturated carbocycles. The highest BCUT2D eigenvalue weighted by atomic mass is 32.1. The third-order valence-corrected chi connectivity index (χ3v) is 4.15. The summed E-state index contributed by atoms with van der Waals surface area (Å²) in [5.74, 6) is 0. The SMILES string of the molecule is O=C(S)Nc1sc2c(c1C(=O)S)CCCC2. The largest absolute Gasteiger partial charge is 0.308 e. The second kappa shape index (κ2) is 4.81. The van der Waals surface area contributed by atoms with Crippen LogP contribution in [0.2, 0.25) is 0 Å². The number of thiophene rings is 1. The van der Waals surface area contributed by atoms with Crippen LogP contribution in [0.25, 0.3) is 0 Å². The van der Waals surface area contributed by atoms with Crippen LogP contribution in [0.4, 0.5) is 9.80 Å². The number of carbonyl (C=O) groups is 2. The summed E-state index contributed by atoms with van der Waals surface area (Å²) in [7, 11) is 0. The molecule has 0 spiro atoms. The summed E-state index contributed by atoms with van der Waals surface area (Å²) < 4.78 is 0. The van der Waals surface area contributed by atoms with Crippen LogP contribution in [0.5, 0.6) is 0 Å². The molecular weight excluding hydrogens is 262 g/mol. The van der Waals surface area contributed by atoms with E-state index >= 15 is 0 Å². The van der Waals surface area contributed by atoms with Crippen molar-refractivity contribution in [3.05, 3.63) is 16.0 Å². The van der Waals surface area contributed by atoms with Gasteiger partial charge >= 0.3 is 0 Å². The van der Waals surface area contributed by atoms with Gasteiger partial charge in [-0.25, -0.2) is 0 Å². The quantitative estimate of drug-likeness (QED) is 0.725. The highest BCUT2D eigenvalue weighted by Gasteiger charge is 2.24. The molecule has 0 atom stereocenters. The molecule has 1 N–H and O–H groups in total. The van der Waals surface area contributed by atoms with Crippen molar-refractivity contribution in [3.63, 3.8) is 0 Å². The van der Waals surface area contributed by atoms with Crippen LogP contribution in [0, 0.1) is 0 Å². The maximum absolute atomic E-state index is 11.5. The summed E-state index contributed by atoms with van der Waals surface area (Å²) in [5.41, 5.74) is 1.62. The third kappa shape index (κ3) is 2.28. The van der Waals surface area contributed by atoms with E-state index < -0.39 is 5.24 Å². The molecule has 1 heterocycles. The van der Waals surface area contributed by atoms with Crippen molar-refractivity contribution < 1.29 is 9.59 Å². The number of nitrogens with one attached hydrogen (secondary N) is 1. The fourth-order valence-corrected chi connectivity index (χ4v) is 3.77. The first-order valence-electron chi connectivity index (χ1n) is 4.97. The molecule has 1 aliphatic rings. The molecule has 0 radical (unpaired) electrons. The standard InChI is InChI=1S/C10H11NO2S3/c12-9(14)7-5-3-1-2-4-6(5)16-8(7)11-10(13)15/h1-4H2,(H,12,14)(H2,11,13,15). The number of amides is 1. The van der Waals surface area contributed by atoms with E-state index in [-0.39, 0.29) is 5.12 Å². The summed E-state index contributed by atoms with van der Waals surface area (Å²) in [6.07, 6.45) is 4.11. The summed E-state index contributed by atoms with van der Waals surface area (Å²) in [4.78, 5) is 23.6. The Bertz CT molecular complexity index is 453. The number of fused-ring (bicyclic) bond motifs is 1. The Hall–Kier alpha value is -0.460.